The van der Waals surface area contributed by atoms with Gasteiger partial charge in [-0.3, -0.25) is 0 Å². The first kappa shape index (κ1) is 12.8. The van der Waals surface area contributed by atoms with Gasteiger partial charge >= 0.3 is 0 Å². The Morgan fingerprint density at radius 3 is 2.65 bits per heavy atom. The number of thiazole rings is 1. The van der Waals surface area contributed by atoms with Crippen LogP contribution in [0.5, 0.6) is 0 Å². The Hall–Kier alpha value is -0.610. The molecule has 1 heterocycles. The quantitative estimate of drug-likeness (QED) is 0.896. The minimum absolute atomic E-state index is 0.185. The van der Waals surface area contributed by atoms with Gasteiger partial charge in [-0.15, -0.1) is 11.3 Å². The molecule has 17 heavy (non-hydrogen) atoms. The molecule has 0 aromatic carbocycles. The van der Waals surface area contributed by atoms with Crippen LogP contribution >= 0.6 is 11.3 Å². The number of hydrogen-bond donors (Lipinski definition) is 1. The van der Waals surface area contributed by atoms with Crippen molar-refractivity contribution >= 4 is 16.3 Å². The molecule has 4 heteroatoms. The molecule has 0 saturated heterocycles. The number of nitrogen functional groups attached to an aromatic ring is 1. The van der Waals surface area contributed by atoms with E-state index in [2.05, 4.69) is 13.8 Å². The van der Waals surface area contributed by atoms with E-state index in [4.69, 9.17) is 15.5 Å². The first-order chi connectivity index (χ1) is 8.02. The third kappa shape index (κ3) is 2.99. The molecule has 3 nitrogen and oxygen atoms in total. The molecule has 1 aromatic rings. The summed E-state index contributed by atoms with van der Waals surface area (Å²) < 4.78 is 5.44. The highest BCUT2D eigenvalue weighted by Gasteiger charge is 2.25. The highest BCUT2D eigenvalue weighted by atomic mass is 32.1. The fraction of sp³-hybridized carbons (Fsp3) is 0.769. The maximum atomic E-state index is 6.07. The zero-order chi connectivity index (χ0) is 12.5. The van der Waals surface area contributed by atoms with Gasteiger partial charge in [-0.2, -0.15) is 0 Å². The number of anilines is 1. The maximum Gasteiger partial charge on any atom is 0.109 e. The van der Waals surface area contributed by atoms with E-state index in [0.717, 1.165) is 17.1 Å². The van der Waals surface area contributed by atoms with Gasteiger partial charge in [0.25, 0.3) is 0 Å². The van der Waals surface area contributed by atoms with Gasteiger partial charge in [-0.25, -0.2) is 4.98 Å². The van der Waals surface area contributed by atoms with Crippen molar-refractivity contribution in [3.05, 3.63) is 10.7 Å². The summed E-state index contributed by atoms with van der Waals surface area (Å²) in [5.41, 5.74) is 6.90. The SMILES string of the molecule is COC(C)(C)Cc1nc(C2CCCC2)sc1N. The predicted octanol–water partition coefficient (Wildman–Crippen LogP) is 3.35. The summed E-state index contributed by atoms with van der Waals surface area (Å²) >= 11 is 1.67. The monoisotopic (exact) mass is 254 g/mol. The number of nitrogens with zero attached hydrogens (tertiary/aromatic N) is 1. The van der Waals surface area contributed by atoms with E-state index < -0.39 is 0 Å². The van der Waals surface area contributed by atoms with Gasteiger partial charge in [0, 0.05) is 19.4 Å². The van der Waals surface area contributed by atoms with E-state index in [1.165, 1.54) is 30.7 Å². The molecule has 0 amide bonds. The lowest BCUT2D eigenvalue weighted by Gasteiger charge is -2.21. The Bertz CT molecular complexity index is 381. The molecule has 1 saturated carbocycles. The molecule has 1 fully saturated rings. The molecule has 0 bridgehead atoms. The average molecular weight is 254 g/mol. The number of aromatic nitrogens is 1. The van der Waals surface area contributed by atoms with Gasteiger partial charge in [0.05, 0.1) is 16.3 Å². The topological polar surface area (TPSA) is 48.1 Å². The minimum atomic E-state index is -0.185. The van der Waals surface area contributed by atoms with Gasteiger partial charge in [0.1, 0.15) is 5.00 Å². The van der Waals surface area contributed by atoms with Crippen LogP contribution in [0.3, 0.4) is 0 Å². The lowest BCUT2D eigenvalue weighted by Crippen LogP contribution is -2.26. The molecule has 2 rings (SSSR count). The third-order valence-electron chi connectivity index (χ3n) is 3.59. The zero-order valence-corrected chi connectivity index (χ0v) is 11.8. The van der Waals surface area contributed by atoms with Gasteiger partial charge in [0.2, 0.25) is 0 Å². The summed E-state index contributed by atoms with van der Waals surface area (Å²) in [6, 6.07) is 0. The molecular formula is C13H22N2OS. The Labute approximate surface area is 107 Å². The number of ether oxygens (including phenoxy) is 1. The van der Waals surface area contributed by atoms with E-state index in [1.54, 1.807) is 18.4 Å². The van der Waals surface area contributed by atoms with Crippen molar-refractivity contribution < 1.29 is 4.74 Å². The molecule has 2 N–H and O–H groups in total. The lowest BCUT2D eigenvalue weighted by atomic mass is 10.0. The molecule has 96 valence electrons. The Kier molecular flexibility index (Phi) is 3.73. The van der Waals surface area contributed by atoms with Crippen molar-refractivity contribution in [3.63, 3.8) is 0 Å². The Morgan fingerprint density at radius 1 is 1.41 bits per heavy atom. The predicted molar refractivity (Wildman–Crippen MR) is 72.5 cm³/mol. The highest BCUT2D eigenvalue weighted by molar-refractivity contribution is 7.15. The van der Waals surface area contributed by atoms with Crippen LogP contribution in [-0.2, 0) is 11.2 Å². The normalized spacial score (nSPS) is 17.8. The van der Waals surface area contributed by atoms with E-state index in [1.807, 2.05) is 0 Å². The van der Waals surface area contributed by atoms with Crippen molar-refractivity contribution in [1.29, 1.82) is 0 Å². The standard InChI is InChI=1S/C13H22N2OS/c1-13(2,16-3)8-10-11(14)17-12(15-10)9-6-4-5-7-9/h9H,4-8,14H2,1-3H3. The second-order valence-electron chi connectivity index (χ2n) is 5.49. The van der Waals surface area contributed by atoms with Crippen molar-refractivity contribution in [2.75, 3.05) is 12.8 Å². The Balaban J connectivity index is 2.13. The highest BCUT2D eigenvalue weighted by Crippen LogP contribution is 2.38. The van der Waals surface area contributed by atoms with Gasteiger partial charge < -0.3 is 10.5 Å². The summed E-state index contributed by atoms with van der Waals surface area (Å²) in [6.45, 7) is 4.14. The molecular weight excluding hydrogens is 232 g/mol. The molecule has 1 aromatic heterocycles. The van der Waals surface area contributed by atoms with Crippen molar-refractivity contribution in [2.24, 2.45) is 0 Å². The van der Waals surface area contributed by atoms with Crippen LogP contribution in [0, 0.1) is 0 Å². The van der Waals surface area contributed by atoms with Crippen LogP contribution in [0.2, 0.25) is 0 Å². The minimum Gasteiger partial charge on any atom is -0.389 e. The van der Waals surface area contributed by atoms with Gasteiger partial charge in [-0.1, -0.05) is 12.8 Å². The summed E-state index contributed by atoms with van der Waals surface area (Å²) in [5, 5.41) is 2.11. The van der Waals surface area contributed by atoms with Crippen LogP contribution in [0.15, 0.2) is 0 Å². The first-order valence-electron chi connectivity index (χ1n) is 6.32. The van der Waals surface area contributed by atoms with E-state index in [9.17, 15) is 0 Å². The number of methoxy groups -OCH3 is 1. The third-order valence-corrected chi connectivity index (χ3v) is 4.68. The number of hydrogen-bond acceptors (Lipinski definition) is 4. The van der Waals surface area contributed by atoms with Crippen molar-refractivity contribution in [3.8, 4) is 0 Å². The summed E-state index contributed by atoms with van der Waals surface area (Å²) in [6.07, 6.45) is 6.02. The van der Waals surface area contributed by atoms with Gasteiger partial charge in [0.15, 0.2) is 0 Å². The van der Waals surface area contributed by atoms with Crippen LogP contribution in [0.1, 0.15) is 56.2 Å². The lowest BCUT2D eigenvalue weighted by molar-refractivity contribution is 0.0226. The molecule has 1 aliphatic rings. The van der Waals surface area contributed by atoms with Crippen molar-refractivity contribution in [2.45, 2.75) is 57.5 Å². The van der Waals surface area contributed by atoms with Crippen molar-refractivity contribution in [1.82, 2.24) is 4.98 Å². The van der Waals surface area contributed by atoms with Crippen LogP contribution in [-0.4, -0.2) is 17.7 Å². The summed E-state index contributed by atoms with van der Waals surface area (Å²) in [4.78, 5) is 4.74. The van der Waals surface area contributed by atoms with Crippen LogP contribution in [0.25, 0.3) is 0 Å². The first-order valence-corrected chi connectivity index (χ1v) is 7.14. The fourth-order valence-electron chi connectivity index (χ4n) is 2.33. The molecule has 0 radical (unpaired) electrons. The molecule has 0 spiro atoms. The molecule has 1 aliphatic carbocycles. The molecule has 0 atom stereocenters. The van der Waals surface area contributed by atoms with Crippen LogP contribution in [0.4, 0.5) is 5.00 Å². The fourth-order valence-corrected chi connectivity index (χ4v) is 3.35. The van der Waals surface area contributed by atoms with E-state index >= 15 is 0 Å². The van der Waals surface area contributed by atoms with E-state index in [0.29, 0.717) is 5.92 Å². The van der Waals surface area contributed by atoms with Gasteiger partial charge in [-0.05, 0) is 26.7 Å². The van der Waals surface area contributed by atoms with E-state index in [-0.39, 0.29) is 5.60 Å². The Morgan fingerprint density at radius 2 is 2.06 bits per heavy atom. The largest absolute Gasteiger partial charge is 0.389 e. The number of rotatable bonds is 4. The van der Waals surface area contributed by atoms with Crippen LogP contribution < -0.4 is 5.73 Å². The molecule has 0 aliphatic heterocycles. The summed E-state index contributed by atoms with van der Waals surface area (Å²) in [5.74, 6) is 0.654. The smallest absolute Gasteiger partial charge is 0.109 e. The zero-order valence-electron chi connectivity index (χ0n) is 11.0. The summed E-state index contributed by atoms with van der Waals surface area (Å²) in [7, 11) is 1.74. The second-order valence-corrected chi connectivity index (χ2v) is 6.55. The maximum absolute atomic E-state index is 6.07. The second kappa shape index (κ2) is 4.94. The average Bonchev–Trinajstić information content (AvgIpc) is 2.89. The molecule has 0 unspecified atom stereocenters. The number of nitrogens with two attached hydrogens (primary N) is 1.